The summed E-state index contributed by atoms with van der Waals surface area (Å²) in [6.07, 6.45) is -0.807. The van der Waals surface area contributed by atoms with Crippen molar-refractivity contribution in [2.24, 2.45) is 5.41 Å². The van der Waals surface area contributed by atoms with Crippen molar-refractivity contribution in [1.82, 2.24) is 0 Å². The van der Waals surface area contributed by atoms with Crippen LogP contribution in [0.25, 0.3) is 0 Å². The Morgan fingerprint density at radius 2 is 1.69 bits per heavy atom. The van der Waals surface area contributed by atoms with Crippen molar-refractivity contribution in [2.45, 2.75) is 45.5 Å². The lowest BCUT2D eigenvalue weighted by atomic mass is 9.89. The Bertz CT molecular complexity index is 248. The molecule has 0 aromatic rings. The first-order valence-electron chi connectivity index (χ1n) is 4.18. The Kier molecular flexibility index (Phi) is 3.90. The Labute approximate surface area is 79.7 Å². The van der Waals surface area contributed by atoms with E-state index < -0.39 is 21.5 Å². The molecule has 0 saturated heterocycles. The molecule has 2 atom stereocenters. The van der Waals surface area contributed by atoms with Crippen LogP contribution in [0.2, 0.25) is 0 Å². The number of rotatable bonds is 3. The van der Waals surface area contributed by atoms with Gasteiger partial charge in [-0.15, -0.1) is 0 Å². The standard InChI is InChI=1S/C8H18O4S/c1-6(9)7(13(10,11)12)5-8(2,3)4/h6-7,9H,5H2,1-4H3,(H,10,11,12). The molecule has 0 spiro atoms. The second-order valence-electron chi connectivity index (χ2n) is 4.56. The normalized spacial score (nSPS) is 18.3. The number of hydrogen-bond acceptors (Lipinski definition) is 3. The maximum atomic E-state index is 10.8. The van der Waals surface area contributed by atoms with E-state index in [1.54, 1.807) is 0 Å². The van der Waals surface area contributed by atoms with Gasteiger partial charge in [0.15, 0.2) is 0 Å². The Hall–Kier alpha value is -0.130. The SMILES string of the molecule is CC(O)C(CC(C)(C)C)S(=O)(=O)O. The minimum atomic E-state index is -4.15. The van der Waals surface area contributed by atoms with Crippen LogP contribution in [0.4, 0.5) is 0 Å². The van der Waals surface area contributed by atoms with E-state index in [1.807, 2.05) is 20.8 Å². The molecule has 80 valence electrons. The lowest BCUT2D eigenvalue weighted by Crippen LogP contribution is -2.35. The molecular weight excluding hydrogens is 192 g/mol. The van der Waals surface area contributed by atoms with Gasteiger partial charge in [0.25, 0.3) is 10.1 Å². The molecule has 0 aromatic heterocycles. The van der Waals surface area contributed by atoms with E-state index in [4.69, 9.17) is 4.55 Å². The molecule has 0 bridgehead atoms. The van der Waals surface area contributed by atoms with E-state index in [-0.39, 0.29) is 11.8 Å². The molecule has 0 aliphatic heterocycles. The summed E-state index contributed by atoms with van der Waals surface area (Å²) in [5, 5.41) is 8.08. The van der Waals surface area contributed by atoms with Crippen molar-refractivity contribution >= 4 is 10.1 Å². The second-order valence-corrected chi connectivity index (χ2v) is 6.19. The van der Waals surface area contributed by atoms with Crippen LogP contribution in [-0.4, -0.2) is 29.4 Å². The van der Waals surface area contributed by atoms with Gasteiger partial charge in [-0.2, -0.15) is 8.42 Å². The van der Waals surface area contributed by atoms with Crippen LogP contribution in [0.1, 0.15) is 34.1 Å². The van der Waals surface area contributed by atoms with Crippen molar-refractivity contribution in [1.29, 1.82) is 0 Å². The zero-order valence-corrected chi connectivity index (χ0v) is 9.30. The van der Waals surface area contributed by atoms with E-state index >= 15 is 0 Å². The van der Waals surface area contributed by atoms with Crippen molar-refractivity contribution in [3.05, 3.63) is 0 Å². The van der Waals surface area contributed by atoms with Crippen molar-refractivity contribution in [3.63, 3.8) is 0 Å². The van der Waals surface area contributed by atoms with Crippen molar-refractivity contribution in [2.75, 3.05) is 0 Å². The lowest BCUT2D eigenvalue weighted by molar-refractivity contribution is 0.162. The third kappa shape index (κ3) is 5.23. The minimum Gasteiger partial charge on any atom is -0.392 e. The van der Waals surface area contributed by atoms with Gasteiger partial charge < -0.3 is 5.11 Å². The molecule has 0 saturated carbocycles. The number of aliphatic hydroxyl groups excluding tert-OH is 1. The van der Waals surface area contributed by atoms with Crippen LogP contribution in [0, 0.1) is 5.41 Å². The Morgan fingerprint density at radius 3 is 1.77 bits per heavy atom. The molecule has 2 unspecified atom stereocenters. The summed E-state index contributed by atoms with van der Waals surface area (Å²) >= 11 is 0. The first-order valence-corrected chi connectivity index (χ1v) is 5.69. The van der Waals surface area contributed by atoms with Crippen molar-refractivity contribution < 1.29 is 18.1 Å². The van der Waals surface area contributed by atoms with Gasteiger partial charge >= 0.3 is 0 Å². The fourth-order valence-corrected chi connectivity index (χ4v) is 2.34. The first kappa shape index (κ1) is 12.9. The molecule has 5 heteroatoms. The van der Waals surface area contributed by atoms with Crippen LogP contribution in [0.5, 0.6) is 0 Å². The van der Waals surface area contributed by atoms with Gasteiger partial charge in [0.1, 0.15) is 5.25 Å². The predicted octanol–water partition coefficient (Wildman–Crippen LogP) is 1.06. The summed E-state index contributed by atoms with van der Waals surface area (Å²) < 4.78 is 30.5. The van der Waals surface area contributed by atoms with Gasteiger partial charge in [0.05, 0.1) is 6.10 Å². The molecule has 13 heavy (non-hydrogen) atoms. The average molecular weight is 210 g/mol. The summed E-state index contributed by atoms with van der Waals surface area (Å²) in [4.78, 5) is 0. The number of aliphatic hydroxyl groups is 1. The summed E-state index contributed by atoms with van der Waals surface area (Å²) in [5.74, 6) is 0. The van der Waals surface area contributed by atoms with Gasteiger partial charge in [-0.3, -0.25) is 4.55 Å². The smallest absolute Gasteiger partial charge is 0.270 e. The van der Waals surface area contributed by atoms with Crippen molar-refractivity contribution in [3.8, 4) is 0 Å². The minimum absolute atomic E-state index is 0.239. The molecule has 0 aliphatic rings. The highest BCUT2D eigenvalue weighted by molar-refractivity contribution is 7.86. The van der Waals surface area contributed by atoms with Crippen LogP contribution >= 0.6 is 0 Å². The van der Waals surface area contributed by atoms with Gasteiger partial charge in [-0.1, -0.05) is 20.8 Å². The molecule has 0 rings (SSSR count). The molecule has 0 aromatic carbocycles. The van der Waals surface area contributed by atoms with Crippen LogP contribution in [-0.2, 0) is 10.1 Å². The maximum Gasteiger partial charge on any atom is 0.270 e. The summed E-state index contributed by atoms with van der Waals surface area (Å²) in [5.41, 5.74) is -0.239. The maximum absolute atomic E-state index is 10.8. The van der Waals surface area contributed by atoms with E-state index in [1.165, 1.54) is 6.92 Å². The van der Waals surface area contributed by atoms with E-state index in [0.717, 1.165) is 0 Å². The van der Waals surface area contributed by atoms with Gasteiger partial charge in [0, 0.05) is 0 Å². The van der Waals surface area contributed by atoms with E-state index in [9.17, 15) is 13.5 Å². The second kappa shape index (κ2) is 3.94. The van der Waals surface area contributed by atoms with Gasteiger partial charge in [-0.25, -0.2) is 0 Å². The Morgan fingerprint density at radius 1 is 1.31 bits per heavy atom. The fraction of sp³-hybridized carbons (Fsp3) is 1.00. The van der Waals surface area contributed by atoms with Crippen LogP contribution in [0.3, 0.4) is 0 Å². The van der Waals surface area contributed by atoms with Gasteiger partial charge in [-0.05, 0) is 18.8 Å². The molecule has 0 amide bonds. The van der Waals surface area contributed by atoms with Gasteiger partial charge in [0.2, 0.25) is 0 Å². The lowest BCUT2D eigenvalue weighted by Gasteiger charge is -2.25. The Balaban J connectivity index is 4.67. The largest absolute Gasteiger partial charge is 0.392 e. The molecule has 2 N–H and O–H groups in total. The van der Waals surface area contributed by atoms with E-state index in [2.05, 4.69) is 0 Å². The fourth-order valence-electron chi connectivity index (χ4n) is 1.13. The summed E-state index contributed by atoms with van der Waals surface area (Å²) in [6.45, 7) is 6.93. The third-order valence-corrected chi connectivity index (χ3v) is 3.06. The quantitative estimate of drug-likeness (QED) is 0.683. The first-order chi connectivity index (χ1) is 5.54. The molecule has 0 radical (unpaired) electrons. The summed E-state index contributed by atoms with van der Waals surface area (Å²) in [7, 11) is -4.15. The van der Waals surface area contributed by atoms with Crippen LogP contribution in [0.15, 0.2) is 0 Å². The predicted molar refractivity (Wildman–Crippen MR) is 51.1 cm³/mol. The monoisotopic (exact) mass is 210 g/mol. The molecular formula is C8H18O4S. The molecule has 0 aliphatic carbocycles. The third-order valence-electron chi connectivity index (χ3n) is 1.73. The van der Waals surface area contributed by atoms with E-state index in [0.29, 0.717) is 0 Å². The topological polar surface area (TPSA) is 74.6 Å². The highest BCUT2D eigenvalue weighted by atomic mass is 32.2. The average Bonchev–Trinajstić information content (AvgIpc) is 1.77. The highest BCUT2D eigenvalue weighted by Crippen LogP contribution is 2.25. The summed E-state index contributed by atoms with van der Waals surface area (Å²) in [6, 6.07) is 0. The highest BCUT2D eigenvalue weighted by Gasteiger charge is 2.32. The molecule has 0 fully saturated rings. The zero-order valence-electron chi connectivity index (χ0n) is 8.48. The molecule has 0 heterocycles. The van der Waals surface area contributed by atoms with Crippen LogP contribution < -0.4 is 0 Å². The molecule has 4 nitrogen and oxygen atoms in total. The zero-order chi connectivity index (χ0) is 10.9. The number of hydrogen-bond donors (Lipinski definition) is 2.